The van der Waals surface area contributed by atoms with Gasteiger partial charge in [0.2, 0.25) is 0 Å². The molecule has 1 saturated heterocycles. The molecule has 0 aliphatic carbocycles. The van der Waals surface area contributed by atoms with Gasteiger partial charge in [0.25, 0.3) is 0 Å². The lowest BCUT2D eigenvalue weighted by atomic mass is 10.2. The maximum absolute atomic E-state index is 12.2. The predicted molar refractivity (Wildman–Crippen MR) is 77.4 cm³/mol. The van der Waals surface area contributed by atoms with Crippen LogP contribution in [0.1, 0.15) is 29.5 Å². The fourth-order valence-electron chi connectivity index (χ4n) is 2.44. The van der Waals surface area contributed by atoms with Gasteiger partial charge in [-0.05, 0) is 18.4 Å². The lowest BCUT2D eigenvalue weighted by molar-refractivity contribution is 0.0920. The minimum atomic E-state index is -0.244. The second-order valence-corrected chi connectivity index (χ2v) is 5.69. The van der Waals surface area contributed by atoms with E-state index < -0.39 is 0 Å². The number of ether oxygens (including phenoxy) is 1. The highest BCUT2D eigenvalue weighted by Gasteiger charge is 2.32. The Morgan fingerprint density at radius 3 is 3.00 bits per heavy atom. The first kappa shape index (κ1) is 13.1. The van der Waals surface area contributed by atoms with Crippen LogP contribution in [0.3, 0.4) is 0 Å². The second-order valence-electron chi connectivity index (χ2n) is 4.76. The minimum absolute atomic E-state index is 0.0817. The summed E-state index contributed by atoms with van der Waals surface area (Å²) in [6.07, 6.45) is 3.51. The average molecular weight is 288 g/mol. The molecule has 1 aliphatic heterocycles. The Morgan fingerprint density at radius 1 is 1.40 bits per heavy atom. The van der Waals surface area contributed by atoms with Crippen LogP contribution in [0.4, 0.5) is 4.79 Å². The van der Waals surface area contributed by atoms with Crippen molar-refractivity contribution in [2.75, 3.05) is 6.54 Å². The van der Waals surface area contributed by atoms with Crippen LogP contribution in [0.25, 0.3) is 0 Å². The molecule has 0 spiro atoms. The third-order valence-electron chi connectivity index (χ3n) is 3.43. The molecule has 2 heterocycles. The van der Waals surface area contributed by atoms with Crippen molar-refractivity contribution in [1.82, 2.24) is 9.88 Å². The molecule has 5 heteroatoms. The quantitative estimate of drug-likeness (QED) is 0.866. The molecular formula is C15H16N2O2S. The molecule has 0 bridgehead atoms. The molecular weight excluding hydrogens is 272 g/mol. The number of carbonyl (C=O) groups is 1. The normalized spacial score (nSPS) is 18.2. The topological polar surface area (TPSA) is 42.4 Å². The van der Waals surface area contributed by atoms with Crippen molar-refractivity contribution in [2.45, 2.75) is 25.5 Å². The summed E-state index contributed by atoms with van der Waals surface area (Å²) in [5, 5.41) is 2.94. The van der Waals surface area contributed by atoms with E-state index in [1.807, 2.05) is 35.7 Å². The van der Waals surface area contributed by atoms with Gasteiger partial charge in [0.1, 0.15) is 11.6 Å². The fraction of sp³-hybridized carbons (Fsp3) is 0.333. The summed E-state index contributed by atoms with van der Waals surface area (Å²) in [7, 11) is 0. The second kappa shape index (κ2) is 6.05. The van der Waals surface area contributed by atoms with Gasteiger partial charge in [-0.2, -0.15) is 0 Å². The van der Waals surface area contributed by atoms with E-state index >= 15 is 0 Å². The van der Waals surface area contributed by atoms with Crippen LogP contribution in [0.2, 0.25) is 0 Å². The van der Waals surface area contributed by atoms with Gasteiger partial charge < -0.3 is 4.74 Å². The Labute approximate surface area is 122 Å². The van der Waals surface area contributed by atoms with Crippen LogP contribution in [0, 0.1) is 0 Å². The van der Waals surface area contributed by atoms with Crippen molar-refractivity contribution in [3.8, 4) is 0 Å². The molecule has 0 saturated carbocycles. The highest BCUT2D eigenvalue weighted by Crippen LogP contribution is 2.33. The Balaban J connectivity index is 1.62. The van der Waals surface area contributed by atoms with E-state index in [4.69, 9.17) is 4.74 Å². The van der Waals surface area contributed by atoms with E-state index in [0.717, 1.165) is 30.0 Å². The van der Waals surface area contributed by atoms with E-state index in [1.165, 1.54) is 0 Å². The number of hydrogen-bond donors (Lipinski definition) is 0. The standard InChI is InChI=1S/C15H16N2O2S/c18-15(19-11-12-5-2-1-3-6-12)17-9-4-7-13(17)14-16-8-10-20-14/h1-3,5-6,8,10,13H,4,7,9,11H2/t13-/m0/s1. The zero-order valence-electron chi connectivity index (χ0n) is 11.1. The smallest absolute Gasteiger partial charge is 0.410 e. The molecule has 104 valence electrons. The van der Waals surface area contributed by atoms with Crippen molar-refractivity contribution >= 4 is 17.4 Å². The highest BCUT2D eigenvalue weighted by molar-refractivity contribution is 7.09. The third-order valence-corrected chi connectivity index (χ3v) is 4.31. The first-order valence-corrected chi connectivity index (χ1v) is 7.59. The molecule has 1 atom stereocenters. The van der Waals surface area contributed by atoms with Crippen LogP contribution in [0.5, 0.6) is 0 Å². The molecule has 1 amide bonds. The van der Waals surface area contributed by atoms with Gasteiger partial charge in [-0.25, -0.2) is 9.78 Å². The monoisotopic (exact) mass is 288 g/mol. The number of carbonyl (C=O) groups excluding carboxylic acids is 1. The largest absolute Gasteiger partial charge is 0.445 e. The van der Waals surface area contributed by atoms with Crippen LogP contribution >= 0.6 is 11.3 Å². The minimum Gasteiger partial charge on any atom is -0.445 e. The maximum Gasteiger partial charge on any atom is 0.410 e. The van der Waals surface area contributed by atoms with Gasteiger partial charge in [0, 0.05) is 18.1 Å². The van der Waals surface area contributed by atoms with E-state index in [2.05, 4.69) is 4.98 Å². The summed E-state index contributed by atoms with van der Waals surface area (Å²) in [5.41, 5.74) is 1.01. The third kappa shape index (κ3) is 2.82. The molecule has 2 aromatic rings. The number of nitrogens with zero attached hydrogens (tertiary/aromatic N) is 2. The zero-order valence-corrected chi connectivity index (χ0v) is 11.9. The number of hydrogen-bond acceptors (Lipinski definition) is 4. The zero-order chi connectivity index (χ0) is 13.8. The lowest BCUT2D eigenvalue weighted by Gasteiger charge is -2.22. The van der Waals surface area contributed by atoms with Crippen molar-refractivity contribution in [3.63, 3.8) is 0 Å². The number of amides is 1. The van der Waals surface area contributed by atoms with Gasteiger partial charge in [0.05, 0.1) is 6.04 Å². The van der Waals surface area contributed by atoms with Crippen LogP contribution < -0.4 is 0 Å². The Bertz CT molecular complexity index is 557. The number of thiazole rings is 1. The maximum atomic E-state index is 12.2. The molecule has 0 N–H and O–H groups in total. The summed E-state index contributed by atoms with van der Waals surface area (Å²) in [4.78, 5) is 18.3. The van der Waals surface area contributed by atoms with E-state index in [-0.39, 0.29) is 12.1 Å². The van der Waals surface area contributed by atoms with Gasteiger partial charge >= 0.3 is 6.09 Å². The number of likely N-dealkylation sites (tertiary alicyclic amines) is 1. The van der Waals surface area contributed by atoms with Gasteiger partial charge in [-0.3, -0.25) is 4.90 Å². The lowest BCUT2D eigenvalue weighted by Crippen LogP contribution is -2.31. The SMILES string of the molecule is O=C(OCc1ccccc1)N1CCC[C@H]1c1nccs1. The van der Waals surface area contributed by atoms with Crippen LogP contribution in [-0.4, -0.2) is 22.5 Å². The average Bonchev–Trinajstić information content (AvgIpc) is 3.15. The number of benzene rings is 1. The van der Waals surface area contributed by atoms with Gasteiger partial charge in [-0.15, -0.1) is 11.3 Å². The van der Waals surface area contributed by atoms with Crippen molar-refractivity contribution in [3.05, 3.63) is 52.5 Å². The van der Waals surface area contributed by atoms with E-state index in [9.17, 15) is 4.79 Å². The Hall–Kier alpha value is -1.88. The molecule has 0 unspecified atom stereocenters. The summed E-state index contributed by atoms with van der Waals surface area (Å²) in [5.74, 6) is 0. The Kier molecular flexibility index (Phi) is 3.97. The first-order chi connectivity index (χ1) is 9.84. The predicted octanol–water partition coefficient (Wildman–Crippen LogP) is 3.62. The molecule has 1 fully saturated rings. The summed E-state index contributed by atoms with van der Waals surface area (Å²) in [6, 6.07) is 9.82. The molecule has 1 aliphatic rings. The highest BCUT2D eigenvalue weighted by atomic mass is 32.1. The van der Waals surface area contributed by atoms with Crippen molar-refractivity contribution in [1.29, 1.82) is 0 Å². The van der Waals surface area contributed by atoms with Crippen LogP contribution in [0.15, 0.2) is 41.9 Å². The first-order valence-electron chi connectivity index (χ1n) is 6.71. The molecule has 3 rings (SSSR count). The summed E-state index contributed by atoms with van der Waals surface area (Å²) < 4.78 is 5.40. The summed E-state index contributed by atoms with van der Waals surface area (Å²) >= 11 is 1.60. The van der Waals surface area contributed by atoms with Crippen LogP contribution in [-0.2, 0) is 11.3 Å². The van der Waals surface area contributed by atoms with Gasteiger partial charge in [0.15, 0.2) is 0 Å². The van der Waals surface area contributed by atoms with E-state index in [1.54, 1.807) is 22.4 Å². The molecule has 20 heavy (non-hydrogen) atoms. The molecule has 0 radical (unpaired) electrons. The van der Waals surface area contributed by atoms with Crippen molar-refractivity contribution in [2.24, 2.45) is 0 Å². The van der Waals surface area contributed by atoms with E-state index in [0.29, 0.717) is 6.61 Å². The van der Waals surface area contributed by atoms with Crippen molar-refractivity contribution < 1.29 is 9.53 Å². The summed E-state index contributed by atoms with van der Waals surface area (Å²) in [6.45, 7) is 1.07. The molecule has 1 aromatic carbocycles. The Morgan fingerprint density at radius 2 is 2.25 bits per heavy atom. The number of aromatic nitrogens is 1. The van der Waals surface area contributed by atoms with Gasteiger partial charge in [-0.1, -0.05) is 30.3 Å². The fourth-order valence-corrected chi connectivity index (χ4v) is 3.23. The molecule has 1 aromatic heterocycles. The molecule has 4 nitrogen and oxygen atoms in total. The number of rotatable bonds is 3.